The van der Waals surface area contributed by atoms with Crippen LogP contribution in [-0.2, 0) is 19.7 Å². The summed E-state index contributed by atoms with van der Waals surface area (Å²) < 4.78 is 32.0. The van der Waals surface area contributed by atoms with Gasteiger partial charge in [-0.3, -0.25) is 9.59 Å². The number of Topliss-reactive ketones (excluding diaryl/α,β-unsaturated/α-hetero) is 1. The van der Waals surface area contributed by atoms with Crippen molar-refractivity contribution >= 4 is 50.0 Å². The number of anilines is 1. The Morgan fingerprint density at radius 3 is 2.07 bits per heavy atom. The highest BCUT2D eigenvalue weighted by molar-refractivity contribution is 7.87. The van der Waals surface area contributed by atoms with Gasteiger partial charge in [0.15, 0.2) is 11.8 Å². The molecule has 0 radical (unpaired) electrons. The molecule has 3 aromatic rings. The fourth-order valence-electron chi connectivity index (χ4n) is 5.36. The molecule has 8 nitrogen and oxygen atoms in total. The summed E-state index contributed by atoms with van der Waals surface area (Å²) in [5.41, 5.74) is 1.81. The fraction of sp³-hybridized carbons (Fsp3) is 0.559. The third-order valence-electron chi connectivity index (χ3n) is 7.80. The lowest BCUT2D eigenvalue weighted by Gasteiger charge is -2.17. The van der Waals surface area contributed by atoms with E-state index in [2.05, 4.69) is 17.3 Å². The number of aromatic nitrogens is 2. The summed E-state index contributed by atoms with van der Waals surface area (Å²) in [5.74, 6) is -1.11. The zero-order valence-corrected chi connectivity index (χ0v) is 28.0. The molecule has 0 saturated heterocycles. The second kappa shape index (κ2) is 18.2. The highest BCUT2D eigenvalue weighted by atomic mass is 35.5. The number of amides is 1. The van der Waals surface area contributed by atoms with E-state index in [1.807, 2.05) is 25.1 Å². The van der Waals surface area contributed by atoms with Gasteiger partial charge in [0, 0.05) is 11.5 Å². The van der Waals surface area contributed by atoms with E-state index in [1.165, 1.54) is 94.0 Å². The number of halogens is 1. The summed E-state index contributed by atoms with van der Waals surface area (Å²) in [5, 5.41) is 7.92. The Hall–Kier alpha value is -2.91. The van der Waals surface area contributed by atoms with Gasteiger partial charge in [0.1, 0.15) is 5.75 Å². The molecule has 0 aliphatic carbocycles. The summed E-state index contributed by atoms with van der Waals surface area (Å²) in [6.07, 6.45) is 18.2. The van der Waals surface area contributed by atoms with Crippen LogP contribution < -0.4 is 9.50 Å². The van der Waals surface area contributed by atoms with Crippen molar-refractivity contribution in [3.8, 4) is 5.75 Å². The molecule has 1 atom stereocenters. The van der Waals surface area contributed by atoms with Crippen LogP contribution >= 0.6 is 11.6 Å². The van der Waals surface area contributed by atoms with Crippen LogP contribution in [0.25, 0.3) is 10.9 Å². The Kier molecular flexibility index (Phi) is 14.7. The van der Waals surface area contributed by atoms with E-state index in [9.17, 15) is 18.0 Å². The summed E-state index contributed by atoms with van der Waals surface area (Å²) in [7, 11) is -3.83. The number of nitrogens with zero attached hydrogens (tertiary/aromatic N) is 2. The van der Waals surface area contributed by atoms with Crippen molar-refractivity contribution in [3.05, 3.63) is 53.2 Å². The minimum Gasteiger partial charge on any atom is -0.382 e. The van der Waals surface area contributed by atoms with Gasteiger partial charge < -0.3 is 9.50 Å². The topological polar surface area (TPSA) is 107 Å². The number of nitrogens with one attached hydrogen (secondary N) is 1. The standard InChI is InChI=1S/C34H48ClN3O5S/c1-4-5-6-7-8-9-10-11-12-13-14-15-16-17-22-44(41,42)43-29-19-20-30(35)31(24-29)37-34(40)33(27(3)39)38-32-21-18-26(2)23-28(32)25-36-38/h18-21,23-25,33H,4-17,22H2,1-3H3,(H,37,40). The van der Waals surface area contributed by atoms with Crippen molar-refractivity contribution in [2.75, 3.05) is 11.1 Å². The molecule has 0 bridgehead atoms. The van der Waals surface area contributed by atoms with Gasteiger partial charge in [-0.15, -0.1) is 0 Å². The molecule has 1 amide bonds. The minimum atomic E-state index is -3.83. The number of carbonyl (C=O) groups excluding carboxylic acids is 2. The molecule has 242 valence electrons. The minimum absolute atomic E-state index is 0.0365. The first kappa shape index (κ1) is 35.6. The highest BCUT2D eigenvalue weighted by Gasteiger charge is 2.28. The van der Waals surface area contributed by atoms with E-state index in [4.69, 9.17) is 15.8 Å². The highest BCUT2D eigenvalue weighted by Crippen LogP contribution is 2.29. The molecule has 0 aliphatic rings. The maximum atomic E-state index is 13.3. The van der Waals surface area contributed by atoms with E-state index in [0.717, 1.165) is 30.2 Å². The number of rotatable bonds is 21. The number of unbranched alkanes of at least 4 members (excludes halogenated alkanes) is 13. The Balaban J connectivity index is 1.44. The first-order valence-electron chi connectivity index (χ1n) is 16.1. The molecule has 2 aromatic carbocycles. The molecule has 0 aliphatic heterocycles. The molecule has 0 fully saturated rings. The van der Waals surface area contributed by atoms with Crippen molar-refractivity contribution < 1.29 is 22.2 Å². The Labute approximate surface area is 268 Å². The van der Waals surface area contributed by atoms with Crippen LogP contribution in [0.5, 0.6) is 5.75 Å². The maximum Gasteiger partial charge on any atom is 0.309 e. The molecule has 3 rings (SSSR count). The predicted octanol–water partition coefficient (Wildman–Crippen LogP) is 8.96. The molecule has 44 heavy (non-hydrogen) atoms. The van der Waals surface area contributed by atoms with Crippen molar-refractivity contribution in [2.45, 2.75) is 117 Å². The third kappa shape index (κ3) is 11.5. The molecule has 1 heterocycles. The lowest BCUT2D eigenvalue weighted by Crippen LogP contribution is -2.32. The van der Waals surface area contributed by atoms with Crippen LogP contribution in [0.15, 0.2) is 42.6 Å². The van der Waals surface area contributed by atoms with Gasteiger partial charge in [-0.05, 0) is 44.5 Å². The number of aryl methyl sites for hydroxylation is 1. The van der Waals surface area contributed by atoms with Crippen LogP contribution in [0.4, 0.5) is 5.69 Å². The summed E-state index contributed by atoms with van der Waals surface area (Å²) >= 11 is 6.31. The lowest BCUT2D eigenvalue weighted by molar-refractivity contribution is -0.129. The van der Waals surface area contributed by atoms with Crippen molar-refractivity contribution in [3.63, 3.8) is 0 Å². The molecule has 1 N–H and O–H groups in total. The van der Waals surface area contributed by atoms with Crippen LogP contribution in [0, 0.1) is 6.92 Å². The molecule has 0 saturated carbocycles. The van der Waals surface area contributed by atoms with Crippen LogP contribution in [0.1, 0.15) is 115 Å². The first-order chi connectivity index (χ1) is 21.1. The SMILES string of the molecule is CCCCCCCCCCCCCCCCS(=O)(=O)Oc1ccc(Cl)c(NC(=O)C(C(C)=O)n2ncc3cc(C)ccc32)c1. The summed E-state index contributed by atoms with van der Waals surface area (Å²) in [6, 6.07) is 8.61. The smallest absolute Gasteiger partial charge is 0.309 e. The zero-order chi connectivity index (χ0) is 32.0. The van der Waals surface area contributed by atoms with Crippen molar-refractivity contribution in [2.24, 2.45) is 0 Å². The average Bonchev–Trinajstić information content (AvgIpc) is 3.37. The van der Waals surface area contributed by atoms with Gasteiger partial charge in [-0.1, -0.05) is 114 Å². The van der Waals surface area contributed by atoms with E-state index in [0.29, 0.717) is 11.9 Å². The number of hydrogen-bond donors (Lipinski definition) is 1. The normalized spacial score (nSPS) is 12.4. The predicted molar refractivity (Wildman–Crippen MR) is 179 cm³/mol. The molecule has 10 heteroatoms. The van der Waals surface area contributed by atoms with Gasteiger partial charge in [0.2, 0.25) is 0 Å². The fourth-order valence-corrected chi connectivity index (χ4v) is 6.56. The molecular formula is C34H48ClN3O5S. The van der Waals surface area contributed by atoms with Crippen molar-refractivity contribution in [1.29, 1.82) is 0 Å². The largest absolute Gasteiger partial charge is 0.382 e. The second-order valence-electron chi connectivity index (χ2n) is 11.7. The van der Waals surface area contributed by atoms with E-state index in [-0.39, 0.29) is 22.2 Å². The first-order valence-corrected chi connectivity index (χ1v) is 18.0. The van der Waals surface area contributed by atoms with Crippen LogP contribution in [0.3, 0.4) is 0 Å². The van der Waals surface area contributed by atoms with Crippen LogP contribution in [0.2, 0.25) is 5.02 Å². The van der Waals surface area contributed by atoms with Gasteiger partial charge >= 0.3 is 10.1 Å². The number of hydrogen-bond acceptors (Lipinski definition) is 6. The molecular weight excluding hydrogens is 598 g/mol. The number of fused-ring (bicyclic) bond motifs is 1. The third-order valence-corrected chi connectivity index (χ3v) is 9.36. The molecule has 1 unspecified atom stereocenters. The number of carbonyl (C=O) groups is 2. The maximum absolute atomic E-state index is 13.3. The van der Waals surface area contributed by atoms with Crippen LogP contribution in [-0.4, -0.2) is 35.6 Å². The number of ketones is 1. The van der Waals surface area contributed by atoms with Gasteiger partial charge in [0.25, 0.3) is 5.91 Å². The monoisotopic (exact) mass is 645 g/mol. The van der Waals surface area contributed by atoms with Gasteiger partial charge in [0.05, 0.1) is 28.2 Å². The summed E-state index contributed by atoms with van der Waals surface area (Å²) in [4.78, 5) is 25.8. The average molecular weight is 646 g/mol. The molecule has 0 spiro atoms. The quantitative estimate of drug-likeness (QED) is 0.0704. The van der Waals surface area contributed by atoms with E-state index in [1.54, 1.807) is 6.20 Å². The Bertz CT molecular complexity index is 1470. The van der Waals surface area contributed by atoms with E-state index >= 15 is 0 Å². The second-order valence-corrected chi connectivity index (χ2v) is 13.8. The Morgan fingerprint density at radius 1 is 0.886 bits per heavy atom. The van der Waals surface area contributed by atoms with Crippen molar-refractivity contribution in [1.82, 2.24) is 9.78 Å². The lowest BCUT2D eigenvalue weighted by atomic mass is 10.0. The van der Waals surface area contributed by atoms with Gasteiger partial charge in [-0.25, -0.2) is 4.68 Å². The Morgan fingerprint density at radius 2 is 1.48 bits per heavy atom. The molecule has 1 aromatic heterocycles. The summed E-state index contributed by atoms with van der Waals surface area (Å²) in [6.45, 7) is 5.51. The zero-order valence-electron chi connectivity index (χ0n) is 26.4. The van der Waals surface area contributed by atoms with E-state index < -0.39 is 27.9 Å². The number of benzene rings is 2. The van der Waals surface area contributed by atoms with Gasteiger partial charge in [-0.2, -0.15) is 13.5 Å².